The zero-order valence-corrected chi connectivity index (χ0v) is 24.2. The molecule has 0 saturated carbocycles. The third-order valence-electron chi connectivity index (χ3n) is 6.35. The van der Waals surface area contributed by atoms with E-state index >= 15 is 0 Å². The predicted molar refractivity (Wildman–Crippen MR) is 157 cm³/mol. The lowest BCUT2D eigenvalue weighted by atomic mass is 10.0. The summed E-state index contributed by atoms with van der Waals surface area (Å²) in [5.74, 6) is -0.769. The number of hydrogen-bond donors (Lipinski definition) is 1. The second kappa shape index (κ2) is 14.1. The molecule has 0 aliphatic carbocycles. The highest BCUT2D eigenvalue weighted by Crippen LogP contribution is 2.23. The molecular weight excluding hydrogens is 534 g/mol. The Hall–Kier alpha value is -3.36. The van der Waals surface area contributed by atoms with Crippen LogP contribution >= 0.6 is 11.6 Å². The zero-order valence-electron chi connectivity index (χ0n) is 22.6. The fourth-order valence-electron chi connectivity index (χ4n) is 4.20. The maximum atomic E-state index is 14.0. The topological polar surface area (TPSA) is 86.8 Å². The van der Waals surface area contributed by atoms with E-state index in [0.717, 1.165) is 40.1 Å². The van der Waals surface area contributed by atoms with Crippen molar-refractivity contribution in [2.75, 3.05) is 23.7 Å². The van der Waals surface area contributed by atoms with Crippen molar-refractivity contribution in [3.8, 4) is 0 Å². The van der Waals surface area contributed by atoms with Crippen LogP contribution in [0, 0.1) is 6.92 Å². The number of aryl methyl sites for hydroxylation is 1. The van der Waals surface area contributed by atoms with Gasteiger partial charge in [0.1, 0.15) is 12.6 Å². The van der Waals surface area contributed by atoms with E-state index in [1.165, 1.54) is 11.0 Å². The summed E-state index contributed by atoms with van der Waals surface area (Å²) < 4.78 is 26.6. The number of unbranched alkanes of at least 4 members (excludes halogenated alkanes) is 1. The molecule has 0 aliphatic rings. The summed E-state index contributed by atoms with van der Waals surface area (Å²) in [5.41, 5.74) is 3.08. The SMILES string of the molecule is CCCCNC(=O)[C@@H](Cc1ccccc1)N(Cc1ccc(C)cc1)C(=O)CN(c1cccc(Cl)c1)S(C)(=O)=O. The first kappa shape index (κ1) is 30.2. The quantitative estimate of drug-likeness (QED) is 0.294. The van der Waals surface area contributed by atoms with Gasteiger partial charge in [0.25, 0.3) is 0 Å². The third-order valence-corrected chi connectivity index (χ3v) is 7.73. The van der Waals surface area contributed by atoms with Crippen LogP contribution in [0.3, 0.4) is 0 Å². The van der Waals surface area contributed by atoms with Crippen LogP contribution in [0.5, 0.6) is 0 Å². The molecule has 0 radical (unpaired) electrons. The van der Waals surface area contributed by atoms with Crippen LogP contribution < -0.4 is 9.62 Å². The van der Waals surface area contributed by atoms with Gasteiger partial charge in [-0.15, -0.1) is 0 Å². The molecule has 0 heterocycles. The number of benzene rings is 3. The molecular formula is C30H36ClN3O4S. The summed E-state index contributed by atoms with van der Waals surface area (Å²) in [7, 11) is -3.84. The first-order chi connectivity index (χ1) is 18.6. The Bertz CT molecular complexity index is 1350. The van der Waals surface area contributed by atoms with E-state index in [4.69, 9.17) is 11.6 Å². The summed E-state index contributed by atoms with van der Waals surface area (Å²) in [6, 6.07) is 22.7. The molecule has 0 aliphatic heterocycles. The number of carbonyl (C=O) groups excluding carboxylic acids is 2. The Morgan fingerprint density at radius 3 is 2.26 bits per heavy atom. The van der Waals surface area contributed by atoms with Crippen LogP contribution in [-0.2, 0) is 32.6 Å². The van der Waals surface area contributed by atoms with Gasteiger partial charge < -0.3 is 10.2 Å². The molecule has 0 spiro atoms. The molecule has 208 valence electrons. The van der Waals surface area contributed by atoms with Gasteiger partial charge in [-0.3, -0.25) is 13.9 Å². The number of amides is 2. The molecule has 39 heavy (non-hydrogen) atoms. The van der Waals surface area contributed by atoms with Crippen molar-refractivity contribution in [2.45, 2.75) is 45.7 Å². The maximum absolute atomic E-state index is 14.0. The van der Waals surface area contributed by atoms with E-state index in [1.807, 2.05) is 68.4 Å². The van der Waals surface area contributed by atoms with Crippen LogP contribution in [-0.4, -0.2) is 50.5 Å². The molecule has 0 saturated heterocycles. The van der Waals surface area contributed by atoms with Gasteiger partial charge in [0.15, 0.2) is 0 Å². The minimum atomic E-state index is -3.84. The van der Waals surface area contributed by atoms with Gasteiger partial charge in [0, 0.05) is 24.5 Å². The van der Waals surface area contributed by atoms with Crippen molar-refractivity contribution >= 4 is 39.1 Å². The molecule has 0 unspecified atom stereocenters. The lowest BCUT2D eigenvalue weighted by Crippen LogP contribution is -2.53. The van der Waals surface area contributed by atoms with Crippen molar-refractivity contribution in [2.24, 2.45) is 0 Å². The predicted octanol–water partition coefficient (Wildman–Crippen LogP) is 4.97. The van der Waals surface area contributed by atoms with Crippen LogP contribution in [0.1, 0.15) is 36.5 Å². The van der Waals surface area contributed by atoms with Crippen LogP contribution in [0.2, 0.25) is 5.02 Å². The van der Waals surface area contributed by atoms with Gasteiger partial charge in [-0.05, 0) is 42.7 Å². The Morgan fingerprint density at radius 2 is 1.64 bits per heavy atom. The summed E-state index contributed by atoms with van der Waals surface area (Å²) >= 11 is 6.13. The lowest BCUT2D eigenvalue weighted by molar-refractivity contribution is -0.140. The Labute approximate surface area is 236 Å². The number of sulfonamides is 1. The highest BCUT2D eigenvalue weighted by molar-refractivity contribution is 7.92. The maximum Gasteiger partial charge on any atom is 0.244 e. The van der Waals surface area contributed by atoms with E-state index < -0.39 is 28.5 Å². The molecule has 2 amide bonds. The van der Waals surface area contributed by atoms with Crippen molar-refractivity contribution in [1.29, 1.82) is 0 Å². The molecule has 7 nitrogen and oxygen atoms in total. The van der Waals surface area contributed by atoms with E-state index in [-0.39, 0.29) is 24.6 Å². The first-order valence-corrected chi connectivity index (χ1v) is 15.2. The van der Waals surface area contributed by atoms with Gasteiger partial charge in [-0.25, -0.2) is 8.42 Å². The average molecular weight is 570 g/mol. The van der Waals surface area contributed by atoms with E-state index in [2.05, 4.69) is 5.32 Å². The van der Waals surface area contributed by atoms with E-state index in [9.17, 15) is 18.0 Å². The summed E-state index contributed by atoms with van der Waals surface area (Å²) in [6.07, 6.45) is 3.06. The number of halogens is 1. The van der Waals surface area contributed by atoms with Crippen LogP contribution in [0.25, 0.3) is 0 Å². The largest absolute Gasteiger partial charge is 0.354 e. The molecule has 1 atom stereocenters. The van der Waals surface area contributed by atoms with E-state index in [0.29, 0.717) is 11.6 Å². The number of hydrogen-bond acceptors (Lipinski definition) is 4. The number of anilines is 1. The smallest absolute Gasteiger partial charge is 0.244 e. The van der Waals surface area contributed by atoms with Crippen molar-refractivity contribution in [1.82, 2.24) is 10.2 Å². The Balaban J connectivity index is 2.02. The van der Waals surface area contributed by atoms with Gasteiger partial charge in [-0.2, -0.15) is 0 Å². The van der Waals surface area contributed by atoms with E-state index in [1.54, 1.807) is 18.2 Å². The Kier molecular flexibility index (Phi) is 10.9. The molecule has 9 heteroatoms. The zero-order chi connectivity index (χ0) is 28.4. The Morgan fingerprint density at radius 1 is 0.949 bits per heavy atom. The number of carbonyl (C=O) groups is 2. The number of rotatable bonds is 13. The average Bonchev–Trinajstić information content (AvgIpc) is 2.90. The minimum absolute atomic E-state index is 0.144. The van der Waals surface area contributed by atoms with Crippen molar-refractivity contribution < 1.29 is 18.0 Å². The van der Waals surface area contributed by atoms with Gasteiger partial charge in [0.05, 0.1) is 11.9 Å². The monoisotopic (exact) mass is 569 g/mol. The van der Waals surface area contributed by atoms with Crippen LogP contribution in [0.4, 0.5) is 5.69 Å². The summed E-state index contributed by atoms with van der Waals surface area (Å²) in [5, 5.41) is 3.32. The molecule has 1 N–H and O–H groups in total. The highest BCUT2D eigenvalue weighted by atomic mass is 35.5. The second-order valence-electron chi connectivity index (χ2n) is 9.61. The van der Waals surface area contributed by atoms with Gasteiger partial charge in [-0.1, -0.05) is 91.2 Å². The molecule has 0 aromatic heterocycles. The summed E-state index contributed by atoms with van der Waals surface area (Å²) in [4.78, 5) is 29.0. The summed E-state index contributed by atoms with van der Waals surface area (Å²) in [6.45, 7) is 4.17. The van der Waals surface area contributed by atoms with Crippen molar-refractivity contribution in [3.05, 3.63) is 101 Å². The number of nitrogens with one attached hydrogen (secondary N) is 1. The van der Waals surface area contributed by atoms with Crippen LogP contribution in [0.15, 0.2) is 78.9 Å². The molecule has 0 fully saturated rings. The molecule has 3 aromatic rings. The van der Waals surface area contributed by atoms with Crippen molar-refractivity contribution in [3.63, 3.8) is 0 Å². The molecule has 3 rings (SSSR count). The minimum Gasteiger partial charge on any atom is -0.354 e. The van der Waals surface area contributed by atoms with Gasteiger partial charge >= 0.3 is 0 Å². The number of nitrogens with zero attached hydrogens (tertiary/aromatic N) is 2. The molecule has 3 aromatic carbocycles. The van der Waals surface area contributed by atoms with Gasteiger partial charge in [0.2, 0.25) is 21.8 Å². The highest BCUT2D eigenvalue weighted by Gasteiger charge is 2.33. The third kappa shape index (κ3) is 9.11. The fraction of sp³-hybridized carbons (Fsp3) is 0.333. The molecule has 0 bridgehead atoms. The second-order valence-corrected chi connectivity index (χ2v) is 12.0. The standard InChI is InChI=1S/C30H36ClN3O4S/c1-4-5-18-32-30(36)28(19-24-10-7-6-8-11-24)33(21-25-16-14-23(2)15-17-25)29(35)22-34(39(3,37)38)27-13-9-12-26(31)20-27/h6-17,20,28H,4-5,18-19,21-22H2,1-3H3,(H,32,36)/t28-/m1/s1. The normalized spacial score (nSPS) is 12.0. The lowest BCUT2D eigenvalue weighted by Gasteiger charge is -2.33. The first-order valence-electron chi connectivity index (χ1n) is 13.0. The fourth-order valence-corrected chi connectivity index (χ4v) is 5.22.